The maximum atomic E-state index is 10.4. The summed E-state index contributed by atoms with van der Waals surface area (Å²) in [7, 11) is 2.21. The van der Waals surface area contributed by atoms with Crippen LogP contribution in [0.3, 0.4) is 0 Å². The summed E-state index contributed by atoms with van der Waals surface area (Å²) in [5.74, 6) is 2.13. The molecule has 0 spiro atoms. The van der Waals surface area contributed by atoms with Crippen LogP contribution in [0, 0.1) is 23.2 Å². The van der Waals surface area contributed by atoms with Gasteiger partial charge in [-0.2, -0.15) is 0 Å². The number of hydrogen-bond acceptors (Lipinski definition) is 2. The fraction of sp³-hybridized carbons (Fsp3) is 1.00. The molecule has 2 aliphatic carbocycles. The monoisotopic (exact) mass is 298 g/mol. The maximum absolute atomic E-state index is 10.4. The topological polar surface area (TPSA) is 29.5 Å². The zero-order valence-corrected chi connectivity index (χ0v) is 14.9. The van der Waals surface area contributed by atoms with Crippen molar-refractivity contribution in [3.63, 3.8) is 0 Å². The molecule has 0 heterocycles. The number of nitrogens with zero attached hydrogens (tertiary/aromatic N) is 1. The number of quaternary nitrogens is 1. The van der Waals surface area contributed by atoms with Gasteiger partial charge >= 0.3 is 0 Å². The van der Waals surface area contributed by atoms with E-state index in [1.165, 1.54) is 12.8 Å². The summed E-state index contributed by atoms with van der Waals surface area (Å²) in [5.41, 5.74) is 0.423. The Kier molecular flexibility index (Phi) is 5.07. The van der Waals surface area contributed by atoms with Gasteiger partial charge in [0.1, 0.15) is 12.6 Å². The van der Waals surface area contributed by atoms with Gasteiger partial charge in [-0.05, 0) is 49.9 Å². The van der Waals surface area contributed by atoms with Crippen molar-refractivity contribution in [2.45, 2.75) is 59.7 Å². The third-order valence-corrected chi connectivity index (χ3v) is 6.91. The molecule has 2 saturated carbocycles. The van der Waals surface area contributed by atoms with Crippen molar-refractivity contribution in [2.75, 3.05) is 33.3 Å². The average Bonchev–Trinajstić information content (AvgIpc) is 2.83. The smallest absolute Gasteiger partial charge is 0.126 e. The Balaban J connectivity index is 1.87. The second-order valence-electron chi connectivity index (χ2n) is 8.36. The standard InChI is InChI=1S/C18H36NO2/c1-7-19(6,8-2)11-14(20)12-21-17-13(3)15-9-10-16(17)18(15,4)5/h13-17,20H,7-12H2,1-6H3/q+1/t13-,14+,15-,16-,17-/m1/s1. The maximum Gasteiger partial charge on any atom is 0.126 e. The van der Waals surface area contributed by atoms with Crippen LogP contribution in [-0.4, -0.2) is 55.1 Å². The first-order chi connectivity index (χ1) is 9.75. The summed E-state index contributed by atoms with van der Waals surface area (Å²) >= 11 is 0. The highest BCUT2D eigenvalue weighted by Crippen LogP contribution is 2.60. The Bertz CT molecular complexity index is 351. The lowest BCUT2D eigenvalue weighted by molar-refractivity contribution is -0.909. The van der Waals surface area contributed by atoms with Crippen LogP contribution in [-0.2, 0) is 4.74 Å². The molecule has 0 amide bonds. The molecule has 124 valence electrons. The second-order valence-corrected chi connectivity index (χ2v) is 8.36. The molecule has 2 bridgehead atoms. The lowest BCUT2D eigenvalue weighted by Gasteiger charge is -2.35. The minimum atomic E-state index is -0.343. The highest BCUT2D eigenvalue weighted by Gasteiger charge is 2.57. The summed E-state index contributed by atoms with van der Waals surface area (Å²) in [6.07, 6.45) is 2.68. The van der Waals surface area contributed by atoms with Crippen molar-refractivity contribution in [1.29, 1.82) is 0 Å². The fourth-order valence-corrected chi connectivity index (χ4v) is 5.04. The number of aliphatic hydroxyl groups is 1. The predicted molar refractivity (Wildman–Crippen MR) is 87.0 cm³/mol. The molecule has 3 heteroatoms. The molecule has 3 nitrogen and oxygen atoms in total. The van der Waals surface area contributed by atoms with E-state index < -0.39 is 0 Å². The van der Waals surface area contributed by atoms with Gasteiger partial charge in [0, 0.05) is 0 Å². The third kappa shape index (κ3) is 3.16. The molecule has 0 aromatic heterocycles. The zero-order valence-electron chi connectivity index (χ0n) is 14.9. The van der Waals surface area contributed by atoms with Gasteiger partial charge in [0.2, 0.25) is 0 Å². The van der Waals surface area contributed by atoms with E-state index in [0.717, 1.165) is 30.0 Å². The lowest BCUT2D eigenvalue weighted by atomic mass is 9.80. The Morgan fingerprint density at radius 3 is 2.24 bits per heavy atom. The van der Waals surface area contributed by atoms with Gasteiger partial charge < -0.3 is 14.3 Å². The molecule has 0 unspecified atom stereocenters. The first-order valence-corrected chi connectivity index (χ1v) is 8.88. The first kappa shape index (κ1) is 17.2. The van der Waals surface area contributed by atoms with Gasteiger partial charge in [0.25, 0.3) is 0 Å². The van der Waals surface area contributed by atoms with E-state index in [1.807, 2.05) is 0 Å². The molecule has 0 aromatic rings. The first-order valence-electron chi connectivity index (χ1n) is 8.88. The minimum absolute atomic E-state index is 0.343. The summed E-state index contributed by atoms with van der Waals surface area (Å²) in [6.45, 7) is 15.0. The van der Waals surface area contributed by atoms with E-state index in [0.29, 0.717) is 30.0 Å². The predicted octanol–water partition coefficient (Wildman–Crippen LogP) is 2.92. The van der Waals surface area contributed by atoms with E-state index in [2.05, 4.69) is 41.7 Å². The number of hydrogen-bond donors (Lipinski definition) is 1. The van der Waals surface area contributed by atoms with Crippen molar-refractivity contribution in [3.05, 3.63) is 0 Å². The summed E-state index contributed by atoms with van der Waals surface area (Å²) < 4.78 is 7.14. The van der Waals surface area contributed by atoms with Crippen LogP contribution in [0.2, 0.25) is 0 Å². The van der Waals surface area contributed by atoms with Gasteiger partial charge in [-0.3, -0.25) is 0 Å². The SMILES string of the molecule is CC[N+](C)(CC)C[C@H](O)CO[C@@H]1[C@H](C)[C@H]2CC[C@H]1C2(C)C. The third-order valence-electron chi connectivity index (χ3n) is 6.91. The van der Waals surface area contributed by atoms with Crippen LogP contribution in [0.4, 0.5) is 0 Å². The highest BCUT2D eigenvalue weighted by molar-refractivity contribution is 5.06. The molecule has 21 heavy (non-hydrogen) atoms. The molecule has 0 aromatic carbocycles. The van der Waals surface area contributed by atoms with Crippen molar-refractivity contribution >= 4 is 0 Å². The Hall–Kier alpha value is -0.120. The van der Waals surface area contributed by atoms with Crippen LogP contribution >= 0.6 is 0 Å². The van der Waals surface area contributed by atoms with E-state index in [4.69, 9.17) is 4.74 Å². The highest BCUT2D eigenvalue weighted by atomic mass is 16.5. The lowest BCUT2D eigenvalue weighted by Crippen LogP contribution is -2.50. The molecule has 2 rings (SSSR count). The van der Waals surface area contributed by atoms with Crippen LogP contribution in [0.15, 0.2) is 0 Å². The van der Waals surface area contributed by atoms with Gasteiger partial charge in [-0.1, -0.05) is 20.8 Å². The number of rotatable bonds is 7. The van der Waals surface area contributed by atoms with E-state index in [9.17, 15) is 5.11 Å². The van der Waals surface area contributed by atoms with Crippen molar-refractivity contribution in [1.82, 2.24) is 0 Å². The summed E-state index contributed by atoms with van der Waals surface area (Å²) in [6, 6.07) is 0. The molecule has 5 atom stereocenters. The van der Waals surface area contributed by atoms with E-state index in [1.54, 1.807) is 0 Å². The Labute approximate surface area is 131 Å². The number of fused-ring (bicyclic) bond motifs is 2. The average molecular weight is 298 g/mol. The molecule has 0 aliphatic heterocycles. The largest absolute Gasteiger partial charge is 0.385 e. The van der Waals surface area contributed by atoms with E-state index in [-0.39, 0.29) is 6.10 Å². The summed E-state index contributed by atoms with van der Waals surface area (Å²) in [5, 5.41) is 10.4. The van der Waals surface area contributed by atoms with Crippen molar-refractivity contribution in [3.8, 4) is 0 Å². The van der Waals surface area contributed by atoms with E-state index >= 15 is 0 Å². The van der Waals surface area contributed by atoms with Crippen LogP contribution in [0.5, 0.6) is 0 Å². The molecule has 0 radical (unpaired) electrons. The second kappa shape index (κ2) is 6.17. The van der Waals surface area contributed by atoms with Gasteiger partial charge in [0.15, 0.2) is 0 Å². The Morgan fingerprint density at radius 2 is 1.76 bits per heavy atom. The molecule has 2 aliphatic rings. The van der Waals surface area contributed by atoms with Crippen molar-refractivity contribution in [2.24, 2.45) is 23.2 Å². The minimum Gasteiger partial charge on any atom is -0.385 e. The molecule has 0 saturated heterocycles. The molecule has 2 fully saturated rings. The van der Waals surface area contributed by atoms with Crippen LogP contribution in [0.25, 0.3) is 0 Å². The van der Waals surface area contributed by atoms with Gasteiger partial charge in [-0.15, -0.1) is 0 Å². The quantitative estimate of drug-likeness (QED) is 0.732. The Morgan fingerprint density at radius 1 is 1.19 bits per heavy atom. The molecular weight excluding hydrogens is 262 g/mol. The van der Waals surface area contributed by atoms with Crippen LogP contribution < -0.4 is 0 Å². The zero-order chi connectivity index (χ0) is 15.8. The van der Waals surface area contributed by atoms with Gasteiger partial charge in [-0.25, -0.2) is 0 Å². The fourth-order valence-electron chi connectivity index (χ4n) is 5.04. The number of ether oxygens (including phenoxy) is 1. The van der Waals surface area contributed by atoms with Gasteiger partial charge in [0.05, 0.1) is 32.8 Å². The number of aliphatic hydroxyl groups excluding tert-OH is 1. The van der Waals surface area contributed by atoms with Crippen LogP contribution in [0.1, 0.15) is 47.5 Å². The summed E-state index contributed by atoms with van der Waals surface area (Å²) in [4.78, 5) is 0. The molecule has 1 N–H and O–H groups in total. The normalized spacial score (nSPS) is 36.1. The molecular formula is C18H36NO2+. The van der Waals surface area contributed by atoms with Crippen molar-refractivity contribution < 1.29 is 14.3 Å². The number of likely N-dealkylation sites (N-methyl/N-ethyl adjacent to an activating group) is 1.